The molecule has 1 atom stereocenters. The lowest BCUT2D eigenvalue weighted by atomic mass is 9.71. The fourth-order valence-corrected chi connectivity index (χ4v) is 4.22. The molecule has 6 nitrogen and oxygen atoms in total. The van der Waals surface area contributed by atoms with E-state index in [9.17, 15) is 15.0 Å². The van der Waals surface area contributed by atoms with Crippen molar-refractivity contribution in [1.82, 2.24) is 4.57 Å². The van der Waals surface area contributed by atoms with Crippen molar-refractivity contribution >= 4 is 16.7 Å². The van der Waals surface area contributed by atoms with E-state index in [0.29, 0.717) is 16.9 Å². The molecule has 3 aromatic rings. The van der Waals surface area contributed by atoms with Crippen LogP contribution in [0, 0.1) is 0 Å². The molecule has 0 bridgehead atoms. The summed E-state index contributed by atoms with van der Waals surface area (Å²) in [6.07, 6.45) is -0.955. The second kappa shape index (κ2) is 6.36. The average molecular weight is 381 g/mol. The van der Waals surface area contributed by atoms with E-state index in [4.69, 9.17) is 9.84 Å². The van der Waals surface area contributed by atoms with E-state index in [1.54, 1.807) is 30.3 Å². The molecule has 0 fully saturated rings. The Balaban J connectivity index is 1.88. The van der Waals surface area contributed by atoms with Crippen LogP contribution < -0.4 is 4.74 Å². The number of ketones is 1. The van der Waals surface area contributed by atoms with Crippen LogP contribution in [0.2, 0.25) is 0 Å². The van der Waals surface area contributed by atoms with Crippen molar-refractivity contribution in [1.29, 1.82) is 0 Å². The van der Waals surface area contributed by atoms with E-state index in [2.05, 4.69) is 13.8 Å². The zero-order valence-corrected chi connectivity index (χ0v) is 16.1. The molecular formula is C22H23NO5. The fraction of sp³-hybridized carbons (Fsp3) is 0.318. The van der Waals surface area contributed by atoms with Crippen molar-refractivity contribution in [3.63, 3.8) is 0 Å². The van der Waals surface area contributed by atoms with E-state index in [-0.39, 0.29) is 24.7 Å². The molecule has 6 heteroatoms. The number of rotatable bonds is 4. The SMILES string of the molecule is Cn1c2c(c3ccc(O)cc31)C(=O)c1ccc(OC[C@H](O)CO)cc1C2(C)C. The first-order valence-corrected chi connectivity index (χ1v) is 9.18. The van der Waals surface area contributed by atoms with Gasteiger partial charge in [-0.1, -0.05) is 13.8 Å². The van der Waals surface area contributed by atoms with Gasteiger partial charge in [-0.25, -0.2) is 0 Å². The number of aliphatic hydroxyl groups excluding tert-OH is 2. The molecule has 28 heavy (non-hydrogen) atoms. The van der Waals surface area contributed by atoms with Gasteiger partial charge >= 0.3 is 0 Å². The number of hydrogen-bond donors (Lipinski definition) is 3. The number of aromatic hydroxyl groups is 1. The van der Waals surface area contributed by atoms with Gasteiger partial charge in [0, 0.05) is 35.2 Å². The molecule has 1 aliphatic rings. The van der Waals surface area contributed by atoms with Gasteiger partial charge in [-0.2, -0.15) is 0 Å². The van der Waals surface area contributed by atoms with Crippen molar-refractivity contribution < 1.29 is 24.9 Å². The number of phenols is 1. The number of fused-ring (bicyclic) bond motifs is 4. The number of hydrogen-bond acceptors (Lipinski definition) is 5. The molecule has 0 unspecified atom stereocenters. The third-order valence-corrected chi connectivity index (χ3v) is 5.57. The van der Waals surface area contributed by atoms with E-state index < -0.39 is 11.5 Å². The highest BCUT2D eigenvalue weighted by Gasteiger charge is 2.41. The topological polar surface area (TPSA) is 91.9 Å². The van der Waals surface area contributed by atoms with Crippen LogP contribution in [0.5, 0.6) is 11.5 Å². The summed E-state index contributed by atoms with van der Waals surface area (Å²) in [4.78, 5) is 13.3. The van der Waals surface area contributed by atoms with Crippen molar-refractivity contribution in [3.8, 4) is 11.5 Å². The van der Waals surface area contributed by atoms with Crippen LogP contribution in [-0.4, -0.2) is 45.0 Å². The number of carbonyl (C=O) groups is 1. The quantitative estimate of drug-likeness (QED) is 0.646. The summed E-state index contributed by atoms with van der Waals surface area (Å²) in [5.74, 6) is 0.640. The van der Waals surface area contributed by atoms with E-state index in [1.807, 2.05) is 17.7 Å². The first kappa shape index (κ1) is 18.5. The number of aliphatic hydroxyl groups is 2. The number of aryl methyl sites for hydroxylation is 1. The van der Waals surface area contributed by atoms with Crippen LogP contribution in [0.3, 0.4) is 0 Å². The summed E-state index contributed by atoms with van der Waals surface area (Å²) in [5, 5.41) is 29.2. The van der Waals surface area contributed by atoms with Gasteiger partial charge in [-0.15, -0.1) is 0 Å². The Morgan fingerprint density at radius 3 is 2.64 bits per heavy atom. The zero-order valence-electron chi connectivity index (χ0n) is 16.1. The molecule has 4 rings (SSSR count). The Labute approximate surface area is 162 Å². The Hall–Kier alpha value is -2.83. The third kappa shape index (κ3) is 2.60. The van der Waals surface area contributed by atoms with Gasteiger partial charge in [-0.3, -0.25) is 4.79 Å². The maximum absolute atomic E-state index is 13.3. The smallest absolute Gasteiger partial charge is 0.195 e. The third-order valence-electron chi connectivity index (χ3n) is 5.57. The highest BCUT2D eigenvalue weighted by Crippen LogP contribution is 2.46. The molecule has 0 amide bonds. The summed E-state index contributed by atoms with van der Waals surface area (Å²) >= 11 is 0. The summed E-state index contributed by atoms with van der Waals surface area (Å²) in [6, 6.07) is 10.3. The molecular weight excluding hydrogens is 358 g/mol. The predicted octanol–water partition coefficient (Wildman–Crippen LogP) is 2.49. The molecule has 2 aromatic carbocycles. The molecule has 0 aliphatic heterocycles. The van der Waals surface area contributed by atoms with E-state index >= 15 is 0 Å². The molecule has 1 heterocycles. The summed E-state index contributed by atoms with van der Waals surface area (Å²) in [6.45, 7) is 3.72. The monoisotopic (exact) mass is 381 g/mol. The van der Waals surface area contributed by atoms with Crippen LogP contribution in [0.1, 0.15) is 41.0 Å². The minimum Gasteiger partial charge on any atom is -0.508 e. The van der Waals surface area contributed by atoms with Crippen LogP contribution >= 0.6 is 0 Å². The van der Waals surface area contributed by atoms with Gasteiger partial charge in [0.1, 0.15) is 24.2 Å². The number of benzene rings is 2. The van der Waals surface area contributed by atoms with Gasteiger partial charge in [0.15, 0.2) is 5.78 Å². The Kier molecular flexibility index (Phi) is 4.21. The lowest BCUT2D eigenvalue weighted by Gasteiger charge is -2.34. The van der Waals surface area contributed by atoms with Crippen LogP contribution in [-0.2, 0) is 12.5 Å². The summed E-state index contributed by atoms with van der Waals surface area (Å²) in [7, 11) is 1.90. The first-order chi connectivity index (χ1) is 13.3. The fourth-order valence-electron chi connectivity index (χ4n) is 4.22. The zero-order chi connectivity index (χ0) is 20.2. The molecule has 146 valence electrons. The largest absolute Gasteiger partial charge is 0.508 e. The lowest BCUT2D eigenvalue weighted by molar-refractivity contribution is 0.0535. The molecule has 1 aromatic heterocycles. The second-order valence-corrected chi connectivity index (χ2v) is 7.79. The van der Waals surface area contributed by atoms with E-state index in [1.165, 1.54) is 0 Å². The van der Waals surface area contributed by atoms with E-state index in [0.717, 1.165) is 22.2 Å². The molecule has 0 spiro atoms. The maximum atomic E-state index is 13.3. The number of aromatic nitrogens is 1. The van der Waals surface area contributed by atoms with Crippen molar-refractivity contribution in [2.24, 2.45) is 7.05 Å². The minimum atomic E-state index is -0.955. The lowest BCUT2D eigenvalue weighted by Crippen LogP contribution is -2.32. The normalized spacial score (nSPS) is 16.0. The van der Waals surface area contributed by atoms with Crippen LogP contribution in [0.4, 0.5) is 0 Å². The average Bonchev–Trinajstić information content (AvgIpc) is 2.97. The number of ether oxygens (including phenoxy) is 1. The van der Waals surface area contributed by atoms with Crippen molar-refractivity contribution in [2.45, 2.75) is 25.4 Å². The summed E-state index contributed by atoms with van der Waals surface area (Å²) < 4.78 is 7.55. The Bertz CT molecular complexity index is 1100. The van der Waals surface area contributed by atoms with Gasteiger partial charge < -0.3 is 24.6 Å². The Morgan fingerprint density at radius 2 is 1.93 bits per heavy atom. The van der Waals surface area contributed by atoms with Crippen molar-refractivity contribution in [2.75, 3.05) is 13.2 Å². The molecule has 0 saturated carbocycles. The van der Waals surface area contributed by atoms with Crippen LogP contribution in [0.25, 0.3) is 10.9 Å². The molecule has 3 N–H and O–H groups in total. The minimum absolute atomic E-state index is 0.0256. The van der Waals surface area contributed by atoms with Crippen molar-refractivity contribution in [3.05, 3.63) is 58.8 Å². The molecule has 1 aliphatic carbocycles. The van der Waals surface area contributed by atoms with Gasteiger partial charge in [-0.05, 0) is 35.9 Å². The molecule has 0 radical (unpaired) electrons. The predicted molar refractivity (Wildman–Crippen MR) is 105 cm³/mol. The van der Waals surface area contributed by atoms with Gasteiger partial charge in [0.25, 0.3) is 0 Å². The van der Waals surface area contributed by atoms with Crippen LogP contribution in [0.15, 0.2) is 36.4 Å². The Morgan fingerprint density at radius 1 is 1.18 bits per heavy atom. The number of nitrogens with zero attached hydrogens (tertiary/aromatic N) is 1. The highest BCUT2D eigenvalue weighted by atomic mass is 16.5. The highest BCUT2D eigenvalue weighted by molar-refractivity contribution is 6.20. The second-order valence-electron chi connectivity index (χ2n) is 7.79. The molecule has 0 saturated heterocycles. The van der Waals surface area contributed by atoms with Gasteiger partial charge in [0.05, 0.1) is 17.7 Å². The summed E-state index contributed by atoms with van der Waals surface area (Å²) in [5.41, 5.74) is 3.35. The maximum Gasteiger partial charge on any atom is 0.195 e. The number of carbonyl (C=O) groups excluding carboxylic acids is 1. The number of phenolic OH excluding ortho intramolecular Hbond substituents is 1. The first-order valence-electron chi connectivity index (χ1n) is 9.18. The standard InChI is InChI=1S/C22H23NO5/c1-22(2)17-9-14(28-11-13(26)10-24)5-7-15(17)20(27)19-16-6-4-12(25)8-18(16)23(3)21(19)22/h4-9,13,24-26H,10-11H2,1-3H3/t13-/m1/s1. The van der Waals surface area contributed by atoms with Gasteiger partial charge in [0.2, 0.25) is 0 Å².